The minimum atomic E-state index is -0.991. The predicted octanol–water partition coefficient (Wildman–Crippen LogP) is 3.67. The highest BCUT2D eigenvalue weighted by Gasteiger charge is 2.36. The third kappa shape index (κ3) is 5.21. The standard InChI is InChI=1S/C16H22ClNO3S/c1-5-10-16(3,15(20)21-4)18-14(19)11(2)22-13-8-6-12(17)7-9-13/h6-9,11H,5,10H2,1-4H3,(H,18,19). The lowest BCUT2D eigenvalue weighted by atomic mass is 9.96. The monoisotopic (exact) mass is 343 g/mol. The van der Waals surface area contributed by atoms with E-state index in [1.54, 1.807) is 26.0 Å². The summed E-state index contributed by atoms with van der Waals surface area (Å²) >= 11 is 7.26. The predicted molar refractivity (Wildman–Crippen MR) is 90.2 cm³/mol. The number of amides is 1. The van der Waals surface area contributed by atoms with Gasteiger partial charge in [0.25, 0.3) is 0 Å². The Morgan fingerprint density at radius 1 is 1.36 bits per heavy atom. The smallest absolute Gasteiger partial charge is 0.331 e. The second-order valence-corrected chi connectivity index (χ2v) is 7.13. The van der Waals surface area contributed by atoms with Crippen molar-refractivity contribution in [3.8, 4) is 0 Å². The molecule has 0 aliphatic carbocycles. The molecule has 0 fully saturated rings. The molecule has 0 radical (unpaired) electrons. The number of hydrogen-bond acceptors (Lipinski definition) is 4. The van der Waals surface area contributed by atoms with Gasteiger partial charge in [-0.3, -0.25) is 4.79 Å². The molecular formula is C16H22ClNO3S. The van der Waals surface area contributed by atoms with Crippen LogP contribution in [-0.2, 0) is 14.3 Å². The maximum absolute atomic E-state index is 12.4. The highest BCUT2D eigenvalue weighted by atomic mass is 35.5. The van der Waals surface area contributed by atoms with E-state index >= 15 is 0 Å². The van der Waals surface area contributed by atoms with Crippen molar-refractivity contribution >= 4 is 35.2 Å². The van der Waals surface area contributed by atoms with Gasteiger partial charge in [-0.05, 0) is 44.5 Å². The van der Waals surface area contributed by atoms with Gasteiger partial charge in [-0.25, -0.2) is 4.79 Å². The molecule has 2 atom stereocenters. The highest BCUT2D eigenvalue weighted by Crippen LogP contribution is 2.25. The van der Waals surface area contributed by atoms with Crippen LogP contribution in [-0.4, -0.2) is 29.8 Å². The van der Waals surface area contributed by atoms with Gasteiger partial charge in [0.2, 0.25) is 5.91 Å². The Balaban J connectivity index is 2.72. The first-order chi connectivity index (χ1) is 10.3. The number of thioether (sulfide) groups is 1. The number of hydrogen-bond donors (Lipinski definition) is 1. The van der Waals surface area contributed by atoms with Gasteiger partial charge in [0, 0.05) is 9.92 Å². The van der Waals surface area contributed by atoms with Crippen molar-refractivity contribution in [2.75, 3.05) is 7.11 Å². The molecule has 22 heavy (non-hydrogen) atoms. The summed E-state index contributed by atoms with van der Waals surface area (Å²) in [6.07, 6.45) is 1.30. The van der Waals surface area contributed by atoms with Crippen LogP contribution in [0.15, 0.2) is 29.2 Å². The molecule has 0 aliphatic rings. The summed E-state index contributed by atoms with van der Waals surface area (Å²) < 4.78 is 4.80. The van der Waals surface area contributed by atoms with E-state index in [2.05, 4.69) is 5.32 Å². The average molecular weight is 344 g/mol. The maximum atomic E-state index is 12.4. The summed E-state index contributed by atoms with van der Waals surface area (Å²) in [7, 11) is 1.33. The van der Waals surface area contributed by atoms with Crippen molar-refractivity contribution in [2.24, 2.45) is 0 Å². The molecule has 0 bridgehead atoms. The second-order valence-electron chi connectivity index (χ2n) is 5.28. The zero-order valence-electron chi connectivity index (χ0n) is 13.3. The first-order valence-corrected chi connectivity index (χ1v) is 8.41. The van der Waals surface area contributed by atoms with Crippen molar-refractivity contribution in [1.29, 1.82) is 0 Å². The third-order valence-electron chi connectivity index (χ3n) is 3.28. The number of ether oxygens (including phenoxy) is 1. The molecule has 1 aromatic carbocycles. The van der Waals surface area contributed by atoms with Gasteiger partial charge >= 0.3 is 5.97 Å². The van der Waals surface area contributed by atoms with E-state index in [-0.39, 0.29) is 11.2 Å². The maximum Gasteiger partial charge on any atom is 0.331 e. The van der Waals surface area contributed by atoms with Crippen LogP contribution in [0.4, 0.5) is 0 Å². The fourth-order valence-corrected chi connectivity index (χ4v) is 3.08. The van der Waals surface area contributed by atoms with Gasteiger partial charge in [0.15, 0.2) is 0 Å². The molecule has 1 amide bonds. The fraction of sp³-hybridized carbons (Fsp3) is 0.500. The summed E-state index contributed by atoms with van der Waals surface area (Å²) in [5.41, 5.74) is -0.991. The normalized spacial score (nSPS) is 14.8. The number of carbonyl (C=O) groups excluding carboxylic acids is 2. The van der Waals surface area contributed by atoms with E-state index in [0.29, 0.717) is 11.4 Å². The van der Waals surface area contributed by atoms with Crippen LogP contribution < -0.4 is 5.32 Å². The van der Waals surface area contributed by atoms with E-state index in [0.717, 1.165) is 11.3 Å². The minimum absolute atomic E-state index is 0.193. The van der Waals surface area contributed by atoms with Gasteiger partial charge < -0.3 is 10.1 Å². The number of benzene rings is 1. The zero-order chi connectivity index (χ0) is 16.8. The Morgan fingerprint density at radius 2 is 1.95 bits per heavy atom. The molecule has 0 aliphatic heterocycles. The minimum Gasteiger partial charge on any atom is -0.467 e. The van der Waals surface area contributed by atoms with Gasteiger partial charge in [0.1, 0.15) is 5.54 Å². The Labute approximate surface area is 140 Å². The van der Waals surface area contributed by atoms with Crippen LogP contribution in [0.1, 0.15) is 33.6 Å². The molecule has 2 unspecified atom stereocenters. The fourth-order valence-electron chi connectivity index (χ4n) is 2.09. The molecule has 1 aromatic rings. The molecular weight excluding hydrogens is 322 g/mol. The zero-order valence-corrected chi connectivity index (χ0v) is 14.9. The number of methoxy groups -OCH3 is 1. The Kier molecular flexibility index (Phi) is 7.23. The van der Waals surface area contributed by atoms with Crippen LogP contribution in [0.2, 0.25) is 5.02 Å². The summed E-state index contributed by atoms with van der Waals surface area (Å²) in [5.74, 6) is -0.618. The largest absolute Gasteiger partial charge is 0.467 e. The van der Waals surface area contributed by atoms with Crippen LogP contribution in [0.25, 0.3) is 0 Å². The van der Waals surface area contributed by atoms with Crippen molar-refractivity contribution in [3.05, 3.63) is 29.3 Å². The van der Waals surface area contributed by atoms with Gasteiger partial charge in [-0.1, -0.05) is 24.9 Å². The lowest BCUT2D eigenvalue weighted by Gasteiger charge is -2.28. The molecule has 0 saturated heterocycles. The Morgan fingerprint density at radius 3 is 2.45 bits per heavy atom. The second kappa shape index (κ2) is 8.44. The lowest BCUT2D eigenvalue weighted by Crippen LogP contribution is -2.54. The van der Waals surface area contributed by atoms with E-state index < -0.39 is 11.5 Å². The van der Waals surface area contributed by atoms with Gasteiger partial charge in [-0.15, -0.1) is 11.8 Å². The van der Waals surface area contributed by atoms with Crippen LogP contribution in [0, 0.1) is 0 Å². The van der Waals surface area contributed by atoms with Crippen LogP contribution >= 0.6 is 23.4 Å². The van der Waals surface area contributed by atoms with Crippen molar-refractivity contribution < 1.29 is 14.3 Å². The third-order valence-corrected chi connectivity index (χ3v) is 4.64. The first kappa shape index (κ1) is 18.8. The molecule has 1 N–H and O–H groups in total. The SMILES string of the molecule is CCCC(C)(NC(=O)C(C)Sc1ccc(Cl)cc1)C(=O)OC. The molecule has 6 heteroatoms. The molecule has 4 nitrogen and oxygen atoms in total. The van der Waals surface area contributed by atoms with E-state index in [1.165, 1.54) is 18.9 Å². The van der Waals surface area contributed by atoms with E-state index in [9.17, 15) is 9.59 Å². The van der Waals surface area contributed by atoms with Crippen molar-refractivity contribution in [2.45, 2.75) is 49.3 Å². The molecule has 0 saturated carbocycles. The summed E-state index contributed by atoms with van der Waals surface area (Å²) in [6.45, 7) is 5.46. The summed E-state index contributed by atoms with van der Waals surface area (Å²) in [5, 5.41) is 3.14. The molecule has 0 aromatic heterocycles. The quantitative estimate of drug-likeness (QED) is 0.606. The number of rotatable bonds is 7. The number of halogens is 1. The van der Waals surface area contributed by atoms with Crippen LogP contribution in [0.3, 0.4) is 0 Å². The topological polar surface area (TPSA) is 55.4 Å². The first-order valence-electron chi connectivity index (χ1n) is 7.15. The molecule has 0 spiro atoms. The number of nitrogens with one attached hydrogen (secondary N) is 1. The lowest BCUT2D eigenvalue weighted by molar-refractivity contribution is -0.150. The van der Waals surface area contributed by atoms with E-state index in [1.807, 2.05) is 19.1 Å². The van der Waals surface area contributed by atoms with Gasteiger partial charge in [-0.2, -0.15) is 0 Å². The molecule has 1 rings (SSSR count). The summed E-state index contributed by atoms with van der Waals surface area (Å²) in [4.78, 5) is 25.2. The summed E-state index contributed by atoms with van der Waals surface area (Å²) in [6, 6.07) is 7.29. The van der Waals surface area contributed by atoms with Crippen molar-refractivity contribution in [1.82, 2.24) is 5.32 Å². The molecule has 0 heterocycles. The van der Waals surface area contributed by atoms with E-state index in [4.69, 9.17) is 16.3 Å². The van der Waals surface area contributed by atoms with Gasteiger partial charge in [0.05, 0.1) is 12.4 Å². The average Bonchev–Trinajstić information content (AvgIpc) is 2.48. The van der Waals surface area contributed by atoms with Crippen LogP contribution in [0.5, 0.6) is 0 Å². The molecule has 122 valence electrons. The van der Waals surface area contributed by atoms with Crippen molar-refractivity contribution in [3.63, 3.8) is 0 Å². The Hall–Kier alpha value is -1.20. The number of carbonyl (C=O) groups is 2. The highest BCUT2D eigenvalue weighted by molar-refractivity contribution is 8.00. The Bertz CT molecular complexity index is 521. The number of esters is 1.